The van der Waals surface area contributed by atoms with Gasteiger partial charge in [0.1, 0.15) is 0 Å². The molecule has 0 N–H and O–H groups in total. The van der Waals surface area contributed by atoms with Gasteiger partial charge < -0.3 is 18.3 Å². The van der Waals surface area contributed by atoms with E-state index in [1.807, 2.05) is 0 Å². The van der Waals surface area contributed by atoms with Gasteiger partial charge in [-0.1, -0.05) is 46.1 Å². The Morgan fingerprint density at radius 2 is 1.44 bits per heavy atom. The number of unbranched alkanes of at least 4 members (excludes halogenated alkanes) is 4. The van der Waals surface area contributed by atoms with Crippen LogP contribution < -0.4 is 0 Å². The molecular weight excluding hydrogens is 336 g/mol. The molecule has 5 nitrogen and oxygen atoms in total. The van der Waals surface area contributed by atoms with Crippen molar-refractivity contribution in [1.82, 2.24) is 0 Å². The number of esters is 1. The van der Waals surface area contributed by atoms with Crippen molar-refractivity contribution in [1.29, 1.82) is 0 Å². The molecule has 0 saturated heterocycles. The highest BCUT2D eigenvalue weighted by Gasteiger charge is 2.13. The molecule has 0 heterocycles. The summed E-state index contributed by atoms with van der Waals surface area (Å²) in [6.45, 7) is 11.1. The van der Waals surface area contributed by atoms with Gasteiger partial charge in [0, 0.05) is 38.9 Å². The summed E-state index contributed by atoms with van der Waals surface area (Å²) in [5, 5.41) is 0. The molecule has 0 aliphatic carbocycles. The van der Waals surface area contributed by atoms with Crippen molar-refractivity contribution >= 4 is 15.3 Å². The zero-order chi connectivity index (χ0) is 18.6. The maximum atomic E-state index is 10.9. The second kappa shape index (κ2) is 19.6. The van der Waals surface area contributed by atoms with Crippen molar-refractivity contribution in [3.63, 3.8) is 0 Å². The third-order valence-corrected chi connectivity index (χ3v) is 5.77. The molecule has 0 atom stereocenters. The minimum Gasteiger partial charge on any atom is -0.462 e. The summed E-state index contributed by atoms with van der Waals surface area (Å²) in [6.07, 6.45) is 9.95. The smallest absolute Gasteiger partial charge is 0.330 e. The lowest BCUT2D eigenvalue weighted by atomic mass is 10.3. The lowest BCUT2D eigenvalue weighted by Crippen LogP contribution is -2.24. The van der Waals surface area contributed by atoms with Crippen LogP contribution in [0.15, 0.2) is 12.7 Å². The van der Waals surface area contributed by atoms with Gasteiger partial charge in [0.05, 0.1) is 6.61 Å². The number of carbonyl (C=O) groups excluding carboxylic acids is 1. The Morgan fingerprint density at radius 3 is 2.00 bits per heavy atom. The van der Waals surface area contributed by atoms with Gasteiger partial charge in [-0.2, -0.15) is 0 Å². The van der Waals surface area contributed by atoms with Crippen LogP contribution in [0.2, 0.25) is 6.04 Å². The highest BCUT2D eigenvalue weighted by Crippen LogP contribution is 2.06. The summed E-state index contributed by atoms with van der Waals surface area (Å²) in [6, 6.07) is 0.990. The van der Waals surface area contributed by atoms with Crippen molar-refractivity contribution in [2.24, 2.45) is 0 Å². The van der Waals surface area contributed by atoms with Crippen LogP contribution in [0.1, 0.15) is 65.2 Å². The van der Waals surface area contributed by atoms with Crippen molar-refractivity contribution in [3.8, 4) is 0 Å². The van der Waals surface area contributed by atoms with E-state index in [2.05, 4.69) is 20.4 Å². The highest BCUT2D eigenvalue weighted by atomic mass is 28.3. The fourth-order valence-electron chi connectivity index (χ4n) is 2.20. The Hall–Kier alpha value is -0.693. The predicted molar refractivity (Wildman–Crippen MR) is 104 cm³/mol. The normalized spacial score (nSPS) is 11.0. The zero-order valence-electron chi connectivity index (χ0n) is 16.3. The molecule has 0 saturated carbocycles. The molecule has 0 radical (unpaired) electrons. The van der Waals surface area contributed by atoms with Gasteiger partial charge in [0.2, 0.25) is 0 Å². The topological polar surface area (TPSA) is 54.0 Å². The van der Waals surface area contributed by atoms with E-state index < -0.39 is 9.28 Å². The van der Waals surface area contributed by atoms with E-state index in [4.69, 9.17) is 18.3 Å². The van der Waals surface area contributed by atoms with Crippen LogP contribution >= 0.6 is 0 Å². The fourth-order valence-corrected chi connectivity index (χ4v) is 3.98. The summed E-state index contributed by atoms with van der Waals surface area (Å²) in [5.74, 6) is -0.380. The largest absolute Gasteiger partial charge is 0.462 e. The molecular formula is C19H38O5Si. The van der Waals surface area contributed by atoms with E-state index in [0.29, 0.717) is 26.2 Å². The molecule has 0 fully saturated rings. The molecule has 0 aromatic heterocycles. The van der Waals surface area contributed by atoms with Gasteiger partial charge in [0.25, 0.3) is 0 Å². The minimum atomic E-state index is -1.56. The zero-order valence-corrected chi connectivity index (χ0v) is 17.5. The monoisotopic (exact) mass is 374 g/mol. The molecule has 0 aromatic carbocycles. The number of carbonyl (C=O) groups is 1. The second-order valence-electron chi connectivity index (χ2n) is 6.07. The van der Waals surface area contributed by atoms with Crippen LogP contribution in [0.25, 0.3) is 0 Å². The van der Waals surface area contributed by atoms with Gasteiger partial charge in [0.15, 0.2) is 0 Å². The first-order valence-corrected chi connectivity index (χ1v) is 11.6. The summed E-state index contributed by atoms with van der Waals surface area (Å²) >= 11 is 0. The Balaban J connectivity index is 3.69. The number of hydrogen-bond donors (Lipinski definition) is 0. The van der Waals surface area contributed by atoms with Gasteiger partial charge >= 0.3 is 15.3 Å². The SMILES string of the molecule is C=CC(=O)OCCCOCCC[SiH](OCCCCC)OCCCCC. The lowest BCUT2D eigenvalue weighted by molar-refractivity contribution is -0.138. The van der Waals surface area contributed by atoms with E-state index in [1.54, 1.807) is 0 Å². The predicted octanol–water partition coefficient (Wildman–Crippen LogP) is 4.15. The first-order valence-electron chi connectivity index (χ1n) is 9.84. The first kappa shape index (κ1) is 24.3. The number of hydrogen-bond acceptors (Lipinski definition) is 5. The standard InChI is InChI=1S/C19H38O5Si/c1-4-7-9-16-23-25(24-17-10-8-5-2)18-12-14-21-13-11-15-22-19(20)6-3/h6,25H,3-5,7-18H2,1-2H3. The van der Waals surface area contributed by atoms with E-state index in [-0.39, 0.29) is 5.97 Å². The maximum Gasteiger partial charge on any atom is 0.330 e. The maximum absolute atomic E-state index is 10.9. The van der Waals surface area contributed by atoms with Gasteiger partial charge in [-0.25, -0.2) is 4.79 Å². The van der Waals surface area contributed by atoms with Gasteiger partial charge in [-0.15, -0.1) is 0 Å². The van der Waals surface area contributed by atoms with E-state index >= 15 is 0 Å². The van der Waals surface area contributed by atoms with Crippen LogP contribution in [0.5, 0.6) is 0 Å². The molecule has 148 valence electrons. The number of ether oxygens (including phenoxy) is 2. The third-order valence-electron chi connectivity index (χ3n) is 3.68. The lowest BCUT2D eigenvalue weighted by Gasteiger charge is -2.17. The average molecular weight is 375 g/mol. The summed E-state index contributed by atoms with van der Waals surface area (Å²) in [5.41, 5.74) is 0. The first-order chi connectivity index (χ1) is 12.2. The van der Waals surface area contributed by atoms with Crippen LogP contribution in [0, 0.1) is 0 Å². The van der Waals surface area contributed by atoms with Crippen molar-refractivity contribution in [2.45, 2.75) is 71.3 Å². The molecule has 0 aromatic rings. The molecule has 25 heavy (non-hydrogen) atoms. The number of rotatable bonds is 19. The Kier molecular flexibility index (Phi) is 19.1. The van der Waals surface area contributed by atoms with Crippen LogP contribution in [0.4, 0.5) is 0 Å². The van der Waals surface area contributed by atoms with Gasteiger partial charge in [-0.3, -0.25) is 0 Å². The van der Waals surface area contributed by atoms with Crippen molar-refractivity contribution in [2.75, 3.05) is 33.0 Å². The quantitative estimate of drug-likeness (QED) is 0.147. The van der Waals surface area contributed by atoms with Crippen molar-refractivity contribution < 1.29 is 23.1 Å². The molecule has 0 aliphatic heterocycles. The molecule has 0 unspecified atom stereocenters. The second-order valence-corrected chi connectivity index (χ2v) is 8.17. The molecule has 0 spiro atoms. The summed E-state index contributed by atoms with van der Waals surface area (Å²) in [4.78, 5) is 10.9. The Morgan fingerprint density at radius 1 is 0.840 bits per heavy atom. The Bertz CT molecular complexity index is 300. The van der Waals surface area contributed by atoms with Crippen LogP contribution in [-0.2, 0) is 23.1 Å². The molecule has 0 rings (SSSR count). The van der Waals surface area contributed by atoms with E-state index in [9.17, 15) is 4.79 Å². The molecule has 6 heteroatoms. The summed E-state index contributed by atoms with van der Waals surface area (Å²) < 4.78 is 22.5. The van der Waals surface area contributed by atoms with Crippen LogP contribution in [-0.4, -0.2) is 48.3 Å². The molecule has 0 bridgehead atoms. The fraction of sp³-hybridized carbons (Fsp3) is 0.842. The highest BCUT2D eigenvalue weighted by molar-refractivity contribution is 6.44. The molecule has 0 aliphatic rings. The van der Waals surface area contributed by atoms with Crippen molar-refractivity contribution in [3.05, 3.63) is 12.7 Å². The van der Waals surface area contributed by atoms with Crippen LogP contribution in [0.3, 0.4) is 0 Å². The Labute approximate surface area is 155 Å². The minimum absolute atomic E-state index is 0.378. The van der Waals surface area contributed by atoms with E-state index in [0.717, 1.165) is 38.5 Å². The van der Waals surface area contributed by atoms with E-state index in [1.165, 1.54) is 31.8 Å². The molecule has 0 amide bonds. The average Bonchev–Trinajstić information content (AvgIpc) is 2.63. The summed E-state index contributed by atoms with van der Waals surface area (Å²) in [7, 11) is -1.56. The third kappa shape index (κ3) is 17.9. The van der Waals surface area contributed by atoms with Gasteiger partial charge in [-0.05, 0) is 25.3 Å².